The Morgan fingerprint density at radius 2 is 1.91 bits per heavy atom. The van der Waals surface area contributed by atoms with Crippen molar-refractivity contribution in [2.24, 2.45) is 9.50 Å². The number of hydrogen-bond acceptors (Lipinski definition) is 4. The first-order chi connectivity index (χ1) is 15.9. The van der Waals surface area contributed by atoms with Crippen molar-refractivity contribution in [1.82, 2.24) is 4.90 Å². The molecular weight excluding hydrogens is 467 g/mol. The average Bonchev–Trinajstić information content (AvgIpc) is 3.52. The Bertz CT molecular complexity index is 1160. The van der Waals surface area contributed by atoms with E-state index < -0.39 is 28.3 Å². The summed E-state index contributed by atoms with van der Waals surface area (Å²) < 4.78 is 61.6. The summed E-state index contributed by atoms with van der Waals surface area (Å²) >= 11 is 0. The van der Waals surface area contributed by atoms with Crippen molar-refractivity contribution in [2.75, 3.05) is 14.1 Å². The summed E-state index contributed by atoms with van der Waals surface area (Å²) in [6.45, 7) is 1.27. The van der Waals surface area contributed by atoms with E-state index in [0.29, 0.717) is 23.2 Å². The smallest absolute Gasteiger partial charge is 0.387 e. The standard InChI is InChI=1S/C24H30F3N3O3S/c1-14(2)18-10-17(33-24(26)27)11-19(16-6-7-16)20(18)12-23(31)29-34(28,32)22-8-5-15(9-21(22)25)13-30(3)4/h5,8-11,14,16,24H,6-7,12-13H2,1-4H3,(H2,28,29,31,32). The molecule has 3 rings (SSSR count). The SMILES string of the molecule is CC(C)c1cc(OC(F)F)cc(C2CC2)c1CC(=O)N=S(N)(=O)c1ccc(CN(C)C)cc1F. The lowest BCUT2D eigenvalue weighted by atomic mass is 9.89. The van der Waals surface area contributed by atoms with Gasteiger partial charge in [0, 0.05) is 6.54 Å². The minimum atomic E-state index is -3.82. The number of benzene rings is 2. The van der Waals surface area contributed by atoms with Crippen LogP contribution in [-0.4, -0.2) is 35.7 Å². The lowest BCUT2D eigenvalue weighted by Crippen LogP contribution is -2.18. The fourth-order valence-electron chi connectivity index (χ4n) is 3.97. The predicted molar refractivity (Wildman–Crippen MR) is 125 cm³/mol. The third kappa shape index (κ3) is 6.58. The van der Waals surface area contributed by atoms with Gasteiger partial charge in [0.1, 0.15) is 21.5 Å². The van der Waals surface area contributed by atoms with Crippen molar-refractivity contribution in [3.63, 3.8) is 0 Å². The van der Waals surface area contributed by atoms with Gasteiger partial charge in [0.25, 0.3) is 5.91 Å². The van der Waals surface area contributed by atoms with Crippen molar-refractivity contribution in [3.8, 4) is 5.75 Å². The molecule has 1 saturated carbocycles. The molecule has 34 heavy (non-hydrogen) atoms. The number of hydrogen-bond donors (Lipinski definition) is 1. The highest BCUT2D eigenvalue weighted by Crippen LogP contribution is 2.45. The molecule has 2 aromatic rings. The van der Waals surface area contributed by atoms with E-state index in [-0.39, 0.29) is 28.9 Å². The van der Waals surface area contributed by atoms with Crippen LogP contribution in [0, 0.1) is 5.82 Å². The van der Waals surface area contributed by atoms with Crippen molar-refractivity contribution < 1.29 is 26.9 Å². The zero-order valence-electron chi connectivity index (χ0n) is 19.7. The lowest BCUT2D eigenvalue weighted by Gasteiger charge is -2.19. The number of nitrogens with zero attached hydrogens (tertiary/aromatic N) is 2. The first kappa shape index (κ1) is 26.2. The van der Waals surface area contributed by atoms with E-state index in [9.17, 15) is 22.2 Å². The third-order valence-electron chi connectivity index (χ3n) is 5.53. The Morgan fingerprint density at radius 1 is 1.24 bits per heavy atom. The molecular formula is C24H30F3N3O3S. The number of nitrogens with two attached hydrogens (primary N) is 1. The van der Waals surface area contributed by atoms with Gasteiger partial charge >= 0.3 is 6.61 Å². The highest BCUT2D eigenvalue weighted by Gasteiger charge is 2.30. The molecule has 1 aliphatic carbocycles. The first-order valence-corrected chi connectivity index (χ1v) is 12.6. The fourth-order valence-corrected chi connectivity index (χ4v) is 5.03. The Hall–Kier alpha value is -2.43. The molecule has 1 amide bonds. The van der Waals surface area contributed by atoms with Crippen molar-refractivity contribution in [2.45, 2.75) is 63.0 Å². The Morgan fingerprint density at radius 3 is 2.44 bits per heavy atom. The second-order valence-corrected chi connectivity index (χ2v) is 10.9. The van der Waals surface area contributed by atoms with Gasteiger partial charge in [-0.05, 0) is 85.3 Å². The largest absolute Gasteiger partial charge is 0.435 e. The summed E-state index contributed by atoms with van der Waals surface area (Å²) in [7, 11) is -0.152. The van der Waals surface area contributed by atoms with Gasteiger partial charge in [-0.25, -0.2) is 13.7 Å². The van der Waals surface area contributed by atoms with E-state index in [2.05, 4.69) is 9.10 Å². The van der Waals surface area contributed by atoms with Crippen LogP contribution in [0.2, 0.25) is 0 Å². The number of alkyl halides is 2. The summed E-state index contributed by atoms with van der Waals surface area (Å²) in [5, 5.41) is 5.82. The molecule has 1 fully saturated rings. The summed E-state index contributed by atoms with van der Waals surface area (Å²) in [6.07, 6.45) is 1.51. The summed E-state index contributed by atoms with van der Waals surface area (Å²) in [5.41, 5.74) is 2.72. The van der Waals surface area contributed by atoms with Crippen LogP contribution in [0.5, 0.6) is 5.75 Å². The summed E-state index contributed by atoms with van der Waals surface area (Å²) in [4.78, 5) is 14.4. The quantitative estimate of drug-likeness (QED) is 0.531. The van der Waals surface area contributed by atoms with Crippen LogP contribution in [0.15, 0.2) is 39.6 Å². The highest BCUT2D eigenvalue weighted by atomic mass is 32.2. The molecule has 0 spiro atoms. The molecule has 1 aliphatic rings. The van der Waals surface area contributed by atoms with E-state index in [1.165, 1.54) is 24.3 Å². The van der Waals surface area contributed by atoms with Crippen LogP contribution in [0.25, 0.3) is 0 Å². The number of carbonyl (C=O) groups excluding carboxylic acids is 1. The maximum absolute atomic E-state index is 14.6. The van der Waals surface area contributed by atoms with Crippen LogP contribution < -0.4 is 9.88 Å². The van der Waals surface area contributed by atoms with E-state index >= 15 is 0 Å². The first-order valence-electron chi connectivity index (χ1n) is 11.0. The van der Waals surface area contributed by atoms with Gasteiger partial charge in [0.05, 0.1) is 11.3 Å². The number of rotatable bonds is 9. The monoisotopic (exact) mass is 497 g/mol. The van der Waals surface area contributed by atoms with Gasteiger partial charge in [-0.3, -0.25) is 4.79 Å². The Balaban J connectivity index is 1.95. The fraction of sp³-hybridized carbons (Fsp3) is 0.458. The molecule has 0 saturated heterocycles. The number of ether oxygens (including phenoxy) is 1. The molecule has 0 radical (unpaired) electrons. The molecule has 6 nitrogen and oxygen atoms in total. The molecule has 0 bridgehead atoms. The van der Waals surface area contributed by atoms with Crippen LogP contribution in [0.3, 0.4) is 0 Å². The maximum Gasteiger partial charge on any atom is 0.387 e. The number of carbonyl (C=O) groups is 1. The van der Waals surface area contributed by atoms with Gasteiger partial charge < -0.3 is 9.64 Å². The van der Waals surface area contributed by atoms with E-state index in [1.807, 2.05) is 32.8 Å². The van der Waals surface area contributed by atoms with E-state index in [1.54, 1.807) is 6.07 Å². The van der Waals surface area contributed by atoms with Crippen LogP contribution in [-0.2, 0) is 27.7 Å². The van der Waals surface area contributed by atoms with Gasteiger partial charge in [-0.1, -0.05) is 19.9 Å². The van der Waals surface area contributed by atoms with Crippen molar-refractivity contribution in [1.29, 1.82) is 0 Å². The average molecular weight is 498 g/mol. The Kier molecular flexibility index (Phi) is 8.05. The van der Waals surface area contributed by atoms with Gasteiger partial charge in [-0.15, -0.1) is 4.36 Å². The molecule has 1 unspecified atom stereocenters. The van der Waals surface area contributed by atoms with E-state index in [4.69, 9.17) is 5.14 Å². The van der Waals surface area contributed by atoms with Gasteiger partial charge in [-0.2, -0.15) is 8.78 Å². The zero-order valence-corrected chi connectivity index (χ0v) is 20.5. The van der Waals surface area contributed by atoms with Crippen molar-refractivity contribution >= 4 is 15.8 Å². The lowest BCUT2D eigenvalue weighted by molar-refractivity contribution is -0.117. The molecule has 0 aliphatic heterocycles. The van der Waals surface area contributed by atoms with Gasteiger partial charge in [0.15, 0.2) is 0 Å². The second kappa shape index (κ2) is 10.5. The second-order valence-electron chi connectivity index (χ2n) is 9.12. The summed E-state index contributed by atoms with van der Waals surface area (Å²) in [6, 6.07) is 7.13. The molecule has 0 aromatic heterocycles. The summed E-state index contributed by atoms with van der Waals surface area (Å²) in [5.74, 6) is -1.49. The van der Waals surface area contributed by atoms with Crippen LogP contribution >= 0.6 is 0 Å². The van der Waals surface area contributed by atoms with Crippen LogP contribution in [0.1, 0.15) is 60.8 Å². The minimum absolute atomic E-state index is 0.0382. The third-order valence-corrected chi connectivity index (χ3v) is 6.97. The molecule has 2 N–H and O–H groups in total. The number of halogens is 3. The van der Waals surface area contributed by atoms with E-state index in [0.717, 1.165) is 18.4 Å². The molecule has 1 atom stereocenters. The number of amides is 1. The van der Waals surface area contributed by atoms with Crippen LogP contribution in [0.4, 0.5) is 13.2 Å². The van der Waals surface area contributed by atoms with Crippen molar-refractivity contribution in [3.05, 3.63) is 58.4 Å². The topological polar surface area (TPSA) is 85.0 Å². The molecule has 2 aromatic carbocycles. The molecule has 186 valence electrons. The zero-order chi connectivity index (χ0) is 25.2. The highest BCUT2D eigenvalue weighted by molar-refractivity contribution is 7.91. The Labute approximate surface area is 198 Å². The maximum atomic E-state index is 14.6. The minimum Gasteiger partial charge on any atom is -0.435 e. The van der Waals surface area contributed by atoms with Gasteiger partial charge in [0.2, 0.25) is 0 Å². The predicted octanol–water partition coefficient (Wildman–Crippen LogP) is 4.96. The normalized spacial score (nSPS) is 15.6. The molecule has 10 heteroatoms. The molecule has 0 heterocycles.